The van der Waals surface area contributed by atoms with Gasteiger partial charge in [-0.15, -0.1) is 0 Å². The third-order valence-electron chi connectivity index (χ3n) is 13.9. The van der Waals surface area contributed by atoms with Gasteiger partial charge in [0.1, 0.15) is 6.61 Å². The minimum absolute atomic E-state index is 0.0515. The predicted octanol–water partition coefficient (Wildman–Crippen LogP) is 20.3. The van der Waals surface area contributed by atoms with Crippen molar-refractivity contribution in [3.63, 3.8) is 0 Å². The van der Waals surface area contributed by atoms with Crippen molar-refractivity contribution >= 4 is 19.8 Å². The molecule has 75 heavy (non-hydrogen) atoms. The fourth-order valence-corrected chi connectivity index (χ4v) is 9.91. The average molecular weight is 1070 g/mol. The Kier molecular flexibility index (Phi) is 59.1. The van der Waals surface area contributed by atoms with E-state index in [1.807, 2.05) is 0 Å². The first kappa shape index (κ1) is 72.7. The van der Waals surface area contributed by atoms with Crippen molar-refractivity contribution in [1.29, 1.82) is 0 Å². The van der Waals surface area contributed by atoms with Crippen LogP contribution < -0.4 is 5.73 Å². The number of rotatable bonds is 60. The Hall–Kier alpha value is -2.29. The summed E-state index contributed by atoms with van der Waals surface area (Å²) in [5.74, 6) is -0.833. The Bertz CT molecular complexity index is 1410. The van der Waals surface area contributed by atoms with Crippen LogP contribution in [0, 0.1) is 0 Å². The van der Waals surface area contributed by atoms with E-state index < -0.39 is 32.5 Å². The van der Waals surface area contributed by atoms with Gasteiger partial charge >= 0.3 is 19.8 Å². The normalized spacial score (nSPS) is 13.4. The molecule has 0 aromatic carbocycles. The van der Waals surface area contributed by atoms with Crippen LogP contribution in [-0.4, -0.2) is 49.3 Å². The largest absolute Gasteiger partial charge is 0.472 e. The van der Waals surface area contributed by atoms with Crippen molar-refractivity contribution in [1.82, 2.24) is 0 Å². The highest BCUT2D eigenvalue weighted by Gasteiger charge is 2.26. The zero-order chi connectivity index (χ0) is 54.5. The molecule has 0 aliphatic carbocycles. The number of hydrogen-bond donors (Lipinski definition) is 2. The Balaban J connectivity index is 3.78. The minimum atomic E-state index is -4.39. The molecule has 0 bridgehead atoms. The Morgan fingerprint density at radius 3 is 1.05 bits per heavy atom. The number of nitrogens with two attached hydrogens (primary N) is 1. The molecule has 0 aliphatic rings. The summed E-state index contributed by atoms with van der Waals surface area (Å²) in [4.78, 5) is 35.1. The monoisotopic (exact) mass is 1070 g/mol. The molecule has 0 radical (unpaired) electrons. The van der Waals surface area contributed by atoms with E-state index in [1.165, 1.54) is 205 Å². The molecule has 2 atom stereocenters. The molecule has 0 spiro atoms. The van der Waals surface area contributed by atoms with Gasteiger partial charge in [-0.05, 0) is 83.5 Å². The van der Waals surface area contributed by atoms with Crippen molar-refractivity contribution < 1.29 is 37.6 Å². The molecular weight excluding hydrogens is 954 g/mol. The first-order valence-corrected chi connectivity index (χ1v) is 33.3. The molecule has 0 aliphatic heterocycles. The van der Waals surface area contributed by atoms with Crippen molar-refractivity contribution in [3.05, 3.63) is 60.8 Å². The Labute approximate surface area is 463 Å². The molecule has 0 heterocycles. The summed E-state index contributed by atoms with van der Waals surface area (Å²) in [7, 11) is -4.39. The topological polar surface area (TPSA) is 134 Å². The number of carbonyl (C=O) groups is 2. The van der Waals surface area contributed by atoms with E-state index in [-0.39, 0.29) is 32.6 Å². The van der Waals surface area contributed by atoms with Crippen LogP contribution >= 0.6 is 7.82 Å². The SMILES string of the molecule is CCCCC/C=C\C/C=C\CCCCCCCC(=O)OCC(COP(=O)(O)OCCN)OC(=O)CCCCCCCCCCCCCCCCCCCCCCCCCC/C=C\C/C=C\C/C=C\CCCCCCC. The van der Waals surface area contributed by atoms with Crippen LogP contribution in [-0.2, 0) is 32.7 Å². The lowest BCUT2D eigenvalue weighted by atomic mass is 10.0. The van der Waals surface area contributed by atoms with Crippen LogP contribution in [0.1, 0.15) is 309 Å². The second-order valence-electron chi connectivity index (χ2n) is 21.3. The van der Waals surface area contributed by atoms with Crippen molar-refractivity contribution in [2.75, 3.05) is 26.4 Å². The van der Waals surface area contributed by atoms with Gasteiger partial charge in [-0.1, -0.05) is 274 Å². The lowest BCUT2D eigenvalue weighted by Gasteiger charge is -2.19. The van der Waals surface area contributed by atoms with Gasteiger partial charge in [-0.2, -0.15) is 0 Å². The molecule has 0 saturated heterocycles. The zero-order valence-corrected chi connectivity index (χ0v) is 49.9. The van der Waals surface area contributed by atoms with E-state index in [9.17, 15) is 19.0 Å². The number of hydrogen-bond acceptors (Lipinski definition) is 8. The van der Waals surface area contributed by atoms with Gasteiger partial charge in [0, 0.05) is 19.4 Å². The molecule has 3 N–H and O–H groups in total. The minimum Gasteiger partial charge on any atom is -0.462 e. The number of unbranched alkanes of at least 4 members (excludes halogenated alkanes) is 37. The van der Waals surface area contributed by atoms with Crippen LogP contribution in [0.4, 0.5) is 0 Å². The molecule has 9 nitrogen and oxygen atoms in total. The van der Waals surface area contributed by atoms with Crippen molar-refractivity contribution in [3.8, 4) is 0 Å². The highest BCUT2D eigenvalue weighted by atomic mass is 31.2. The summed E-state index contributed by atoms with van der Waals surface area (Å²) in [6.45, 7) is 3.72. The maximum absolute atomic E-state index is 12.7. The van der Waals surface area contributed by atoms with Gasteiger partial charge in [0.05, 0.1) is 13.2 Å². The van der Waals surface area contributed by atoms with Crippen molar-refractivity contribution in [2.45, 2.75) is 315 Å². The molecule has 0 saturated carbocycles. The molecule has 0 aromatic heterocycles. The summed E-state index contributed by atoms with van der Waals surface area (Å²) in [6.07, 6.45) is 77.4. The molecule has 438 valence electrons. The van der Waals surface area contributed by atoms with Crippen LogP contribution in [0.15, 0.2) is 60.8 Å². The van der Waals surface area contributed by atoms with E-state index >= 15 is 0 Å². The highest BCUT2D eigenvalue weighted by molar-refractivity contribution is 7.47. The number of phosphoric ester groups is 1. The van der Waals surface area contributed by atoms with Crippen LogP contribution in [0.25, 0.3) is 0 Å². The number of phosphoric acid groups is 1. The van der Waals surface area contributed by atoms with Gasteiger partial charge in [-0.3, -0.25) is 18.6 Å². The number of carbonyl (C=O) groups excluding carboxylic acids is 2. The first-order valence-electron chi connectivity index (χ1n) is 31.8. The molecule has 0 amide bonds. The lowest BCUT2D eigenvalue weighted by Crippen LogP contribution is -2.29. The summed E-state index contributed by atoms with van der Waals surface area (Å²) in [5, 5.41) is 0. The van der Waals surface area contributed by atoms with Gasteiger partial charge in [0.15, 0.2) is 6.10 Å². The van der Waals surface area contributed by atoms with Crippen molar-refractivity contribution in [2.24, 2.45) is 5.73 Å². The number of allylic oxidation sites excluding steroid dienone is 10. The first-order chi connectivity index (χ1) is 36.8. The average Bonchev–Trinajstić information content (AvgIpc) is 3.40. The summed E-state index contributed by atoms with van der Waals surface area (Å²) in [5.41, 5.74) is 5.38. The number of ether oxygens (including phenoxy) is 2. The van der Waals surface area contributed by atoms with Gasteiger partial charge in [0.2, 0.25) is 0 Å². The second-order valence-corrected chi connectivity index (χ2v) is 22.7. The van der Waals surface area contributed by atoms with Crippen LogP contribution in [0.2, 0.25) is 0 Å². The smallest absolute Gasteiger partial charge is 0.462 e. The summed E-state index contributed by atoms with van der Waals surface area (Å²) in [6, 6.07) is 0. The zero-order valence-electron chi connectivity index (χ0n) is 49.0. The third-order valence-corrected chi connectivity index (χ3v) is 14.9. The highest BCUT2D eigenvalue weighted by Crippen LogP contribution is 2.43. The van der Waals surface area contributed by atoms with Crippen LogP contribution in [0.5, 0.6) is 0 Å². The van der Waals surface area contributed by atoms with E-state index in [4.69, 9.17) is 24.3 Å². The summed E-state index contributed by atoms with van der Waals surface area (Å²) >= 11 is 0. The van der Waals surface area contributed by atoms with E-state index in [0.717, 1.165) is 70.6 Å². The molecular formula is C65H120NO8P. The quantitative estimate of drug-likeness (QED) is 0.0264. The molecule has 2 unspecified atom stereocenters. The van der Waals surface area contributed by atoms with Crippen LogP contribution in [0.3, 0.4) is 0 Å². The van der Waals surface area contributed by atoms with E-state index in [1.54, 1.807) is 0 Å². The molecule has 0 aromatic rings. The Morgan fingerprint density at radius 1 is 0.400 bits per heavy atom. The van der Waals surface area contributed by atoms with Gasteiger partial charge in [0.25, 0.3) is 0 Å². The fourth-order valence-electron chi connectivity index (χ4n) is 9.15. The molecule has 10 heteroatoms. The number of esters is 2. The van der Waals surface area contributed by atoms with E-state index in [0.29, 0.717) is 6.42 Å². The maximum Gasteiger partial charge on any atom is 0.472 e. The molecule has 0 rings (SSSR count). The van der Waals surface area contributed by atoms with E-state index in [2.05, 4.69) is 74.6 Å². The maximum atomic E-state index is 12.7. The van der Waals surface area contributed by atoms with Gasteiger partial charge < -0.3 is 20.1 Å². The predicted molar refractivity (Wildman–Crippen MR) is 321 cm³/mol. The summed E-state index contributed by atoms with van der Waals surface area (Å²) < 4.78 is 33.0. The second kappa shape index (κ2) is 60.9. The fraction of sp³-hybridized carbons (Fsp3) is 0.815. The molecule has 0 fully saturated rings. The van der Waals surface area contributed by atoms with Gasteiger partial charge in [-0.25, -0.2) is 4.57 Å². The Morgan fingerprint density at radius 2 is 0.693 bits per heavy atom. The third kappa shape index (κ3) is 60.8. The standard InChI is InChI=1S/C65H120NO8P/c1-3-5-7-9-11-13-15-17-19-20-21-22-23-24-25-26-27-28-29-30-31-32-33-34-35-36-37-38-39-40-41-42-44-46-48-50-52-54-56-58-65(68)74-63(62-73-75(69,70)72-60-59-66)61-71-64(67)57-55-53-51-49-47-45-43-18-16-14-12-10-8-6-4-2/h12,14-15,17-18,20-21,23-24,43,63H,3-11,13,16,19,22,25-42,44-62,66H2,1-2H3,(H,69,70)/b14-12-,17-15-,21-20-,24-23-,43-18-. The lowest BCUT2D eigenvalue weighted by molar-refractivity contribution is -0.161.